The molecule has 2 aliphatic rings. The van der Waals surface area contributed by atoms with Crippen molar-refractivity contribution in [3.63, 3.8) is 0 Å². The van der Waals surface area contributed by atoms with Crippen LogP contribution in [0.15, 0.2) is 0 Å². The second-order valence-corrected chi connectivity index (χ2v) is 4.53. The fourth-order valence-corrected chi connectivity index (χ4v) is 2.83. The summed E-state index contributed by atoms with van der Waals surface area (Å²) in [5.41, 5.74) is 0.607. The maximum absolute atomic E-state index is 3.72. The van der Waals surface area contributed by atoms with Gasteiger partial charge in [0.2, 0.25) is 0 Å². The Morgan fingerprint density at radius 3 is 2.46 bits per heavy atom. The average Bonchev–Trinajstić information content (AvgIpc) is 2.33. The van der Waals surface area contributed by atoms with Gasteiger partial charge in [0.1, 0.15) is 0 Å². The summed E-state index contributed by atoms with van der Waals surface area (Å²) in [5.74, 6) is 0.987. The molecule has 0 atom stereocenters. The standard InChI is InChI=1S/C10H19N.C2H6.H2/c1-9-7-10(8-9)5-3-2-4-6-11-10;1-2;/h9,11H,2-8H2,1H3;1-2H3;1H. The van der Waals surface area contributed by atoms with Crippen molar-refractivity contribution < 1.29 is 1.43 Å². The van der Waals surface area contributed by atoms with Crippen LogP contribution in [0.5, 0.6) is 0 Å². The van der Waals surface area contributed by atoms with Crippen LogP contribution >= 0.6 is 0 Å². The lowest BCUT2D eigenvalue weighted by molar-refractivity contribution is 0.111. The van der Waals surface area contributed by atoms with Crippen molar-refractivity contribution in [3.05, 3.63) is 0 Å². The Labute approximate surface area is 84.8 Å². The van der Waals surface area contributed by atoms with E-state index in [0.717, 1.165) is 5.92 Å². The minimum atomic E-state index is 0. The molecule has 1 nitrogen and oxygen atoms in total. The maximum atomic E-state index is 3.72. The lowest BCUT2D eigenvalue weighted by atomic mass is 9.67. The van der Waals surface area contributed by atoms with Gasteiger partial charge in [-0.25, -0.2) is 0 Å². The van der Waals surface area contributed by atoms with Gasteiger partial charge < -0.3 is 5.32 Å². The summed E-state index contributed by atoms with van der Waals surface area (Å²) in [6.45, 7) is 7.64. The van der Waals surface area contributed by atoms with Gasteiger partial charge in [-0.05, 0) is 38.1 Å². The first-order chi connectivity index (χ1) is 6.31. The Kier molecular flexibility index (Phi) is 4.24. The molecule has 1 aliphatic heterocycles. The SMILES string of the molecule is CC.CC1CC2(CCCCCN2)C1.[HH]. The molecule has 1 aliphatic carbocycles. The zero-order valence-electron chi connectivity index (χ0n) is 9.53. The van der Waals surface area contributed by atoms with Gasteiger partial charge in [-0.15, -0.1) is 0 Å². The first-order valence-corrected chi connectivity index (χ1v) is 6.06. The molecule has 0 amide bonds. The first kappa shape index (κ1) is 11.0. The van der Waals surface area contributed by atoms with Gasteiger partial charge in [-0.3, -0.25) is 0 Å². The normalized spacial score (nSPS) is 38.5. The number of nitrogens with one attached hydrogen (secondary N) is 1. The van der Waals surface area contributed by atoms with Crippen LogP contribution < -0.4 is 5.32 Å². The van der Waals surface area contributed by atoms with Crippen LogP contribution in [0, 0.1) is 5.92 Å². The van der Waals surface area contributed by atoms with Crippen LogP contribution in [-0.4, -0.2) is 12.1 Å². The highest BCUT2D eigenvalue weighted by Gasteiger charge is 2.41. The molecular formula is C12H27N. The van der Waals surface area contributed by atoms with Crippen molar-refractivity contribution in [2.45, 2.75) is 64.8 Å². The van der Waals surface area contributed by atoms with Gasteiger partial charge in [0, 0.05) is 6.97 Å². The predicted molar refractivity (Wildman–Crippen MR) is 61.1 cm³/mol. The molecule has 1 heterocycles. The molecule has 0 aromatic heterocycles. The minimum absolute atomic E-state index is 0. The fraction of sp³-hybridized carbons (Fsp3) is 1.00. The van der Waals surface area contributed by atoms with E-state index in [1.165, 1.54) is 45.1 Å². The third kappa shape index (κ3) is 2.70. The molecule has 1 saturated carbocycles. The van der Waals surface area contributed by atoms with E-state index < -0.39 is 0 Å². The summed E-state index contributed by atoms with van der Waals surface area (Å²) in [6, 6.07) is 0. The molecule has 2 rings (SSSR count). The summed E-state index contributed by atoms with van der Waals surface area (Å²) in [4.78, 5) is 0. The van der Waals surface area contributed by atoms with Gasteiger partial charge in [0.25, 0.3) is 0 Å². The van der Waals surface area contributed by atoms with Crippen molar-refractivity contribution in [1.29, 1.82) is 0 Å². The van der Waals surface area contributed by atoms with E-state index in [2.05, 4.69) is 12.2 Å². The summed E-state index contributed by atoms with van der Waals surface area (Å²) < 4.78 is 0. The third-order valence-corrected chi connectivity index (χ3v) is 3.31. The molecule has 1 saturated heterocycles. The monoisotopic (exact) mass is 185 g/mol. The van der Waals surface area contributed by atoms with E-state index >= 15 is 0 Å². The highest BCUT2D eigenvalue weighted by molar-refractivity contribution is 5.00. The van der Waals surface area contributed by atoms with Crippen LogP contribution in [0.1, 0.15) is 60.7 Å². The largest absolute Gasteiger partial charge is 0.311 e. The van der Waals surface area contributed by atoms with Gasteiger partial charge >= 0.3 is 0 Å². The zero-order chi connectivity index (χ0) is 9.73. The summed E-state index contributed by atoms with van der Waals surface area (Å²) in [5, 5.41) is 3.72. The minimum Gasteiger partial charge on any atom is -0.311 e. The Hall–Kier alpha value is -0.0400. The van der Waals surface area contributed by atoms with Gasteiger partial charge in [0.15, 0.2) is 0 Å². The van der Waals surface area contributed by atoms with Crippen LogP contribution in [-0.2, 0) is 0 Å². The molecule has 1 spiro atoms. The first-order valence-electron chi connectivity index (χ1n) is 6.06. The quantitative estimate of drug-likeness (QED) is 0.608. The number of rotatable bonds is 0. The Balaban J connectivity index is 0.000000531. The van der Waals surface area contributed by atoms with E-state index in [9.17, 15) is 0 Å². The van der Waals surface area contributed by atoms with Crippen molar-refractivity contribution in [3.8, 4) is 0 Å². The maximum Gasteiger partial charge on any atom is 0.0186 e. The van der Waals surface area contributed by atoms with Crippen LogP contribution in [0.4, 0.5) is 0 Å². The molecule has 0 unspecified atom stereocenters. The molecule has 1 N–H and O–H groups in total. The van der Waals surface area contributed by atoms with Gasteiger partial charge in [-0.2, -0.15) is 0 Å². The Bertz CT molecular complexity index is 131. The summed E-state index contributed by atoms with van der Waals surface area (Å²) in [6.07, 6.45) is 8.62. The molecule has 13 heavy (non-hydrogen) atoms. The van der Waals surface area contributed by atoms with Crippen LogP contribution in [0.2, 0.25) is 0 Å². The molecule has 0 bridgehead atoms. The van der Waals surface area contributed by atoms with E-state index in [4.69, 9.17) is 0 Å². The lowest BCUT2D eigenvalue weighted by Gasteiger charge is -2.47. The number of hydrogen-bond acceptors (Lipinski definition) is 1. The van der Waals surface area contributed by atoms with E-state index in [1.54, 1.807) is 0 Å². The molecule has 0 aromatic rings. The second-order valence-electron chi connectivity index (χ2n) is 4.53. The van der Waals surface area contributed by atoms with Gasteiger partial charge in [-0.1, -0.05) is 33.6 Å². The van der Waals surface area contributed by atoms with Crippen molar-refractivity contribution in [1.82, 2.24) is 5.32 Å². The summed E-state index contributed by atoms with van der Waals surface area (Å²) >= 11 is 0. The van der Waals surface area contributed by atoms with Crippen LogP contribution in [0.25, 0.3) is 0 Å². The zero-order valence-corrected chi connectivity index (χ0v) is 9.53. The Morgan fingerprint density at radius 2 is 1.85 bits per heavy atom. The lowest BCUT2D eigenvalue weighted by Crippen LogP contribution is -2.54. The molecular weight excluding hydrogens is 158 g/mol. The van der Waals surface area contributed by atoms with E-state index in [0.29, 0.717) is 5.54 Å². The second kappa shape index (κ2) is 4.99. The molecule has 2 fully saturated rings. The van der Waals surface area contributed by atoms with E-state index in [-0.39, 0.29) is 1.43 Å². The number of hydrogen-bond donors (Lipinski definition) is 1. The molecule has 80 valence electrons. The fourth-order valence-electron chi connectivity index (χ4n) is 2.83. The van der Waals surface area contributed by atoms with Crippen molar-refractivity contribution in [2.75, 3.05) is 6.54 Å². The molecule has 0 aromatic carbocycles. The van der Waals surface area contributed by atoms with E-state index in [1.807, 2.05) is 13.8 Å². The van der Waals surface area contributed by atoms with Crippen molar-refractivity contribution in [2.24, 2.45) is 5.92 Å². The highest BCUT2D eigenvalue weighted by Crippen LogP contribution is 2.41. The smallest absolute Gasteiger partial charge is 0.0186 e. The Morgan fingerprint density at radius 1 is 1.15 bits per heavy atom. The molecule has 1 heteroatoms. The average molecular weight is 185 g/mol. The summed E-state index contributed by atoms with van der Waals surface area (Å²) in [7, 11) is 0. The van der Waals surface area contributed by atoms with Crippen LogP contribution in [0.3, 0.4) is 0 Å². The highest BCUT2D eigenvalue weighted by atomic mass is 15.0. The predicted octanol–water partition coefficient (Wildman–Crippen LogP) is 3.59. The van der Waals surface area contributed by atoms with Crippen molar-refractivity contribution >= 4 is 0 Å². The topological polar surface area (TPSA) is 12.0 Å². The third-order valence-electron chi connectivity index (χ3n) is 3.31. The van der Waals surface area contributed by atoms with Gasteiger partial charge in [0.05, 0.1) is 0 Å². The molecule has 0 radical (unpaired) electrons.